The van der Waals surface area contributed by atoms with Crippen LogP contribution in [0, 0.1) is 0 Å². The molecule has 8 nitrogen and oxygen atoms in total. The molecule has 4 amide bonds. The van der Waals surface area contributed by atoms with E-state index in [9.17, 15) is 27.6 Å². The third kappa shape index (κ3) is 4.59. The number of hydrogen-bond acceptors (Lipinski definition) is 5. The molecule has 1 aliphatic heterocycles. The number of urea groups is 1. The van der Waals surface area contributed by atoms with E-state index in [1.165, 1.54) is 28.1 Å². The maximum Gasteiger partial charge on any atom is 0.573 e. The highest BCUT2D eigenvalue weighted by Gasteiger charge is 2.65. The molecule has 11 heteroatoms. The first-order chi connectivity index (χ1) is 17.6. The first kappa shape index (κ1) is 24.3. The van der Waals surface area contributed by atoms with Gasteiger partial charge in [0.15, 0.2) is 0 Å². The molecule has 2 aromatic carbocycles. The first-order valence-corrected chi connectivity index (χ1v) is 11.4. The normalized spacial score (nSPS) is 16.3. The molecule has 0 N–H and O–H groups in total. The predicted octanol–water partition coefficient (Wildman–Crippen LogP) is 4.76. The number of para-hydroxylation sites is 1. The summed E-state index contributed by atoms with van der Waals surface area (Å²) >= 11 is 0. The molecule has 3 aromatic rings. The van der Waals surface area contributed by atoms with E-state index in [1.807, 2.05) is 18.2 Å². The second-order valence-electron chi connectivity index (χ2n) is 8.83. The summed E-state index contributed by atoms with van der Waals surface area (Å²) in [5.41, 5.74) is 0.631. The molecule has 0 unspecified atom stereocenters. The number of rotatable bonds is 6. The minimum absolute atomic E-state index is 0.0637. The van der Waals surface area contributed by atoms with E-state index in [1.54, 1.807) is 31.3 Å². The van der Waals surface area contributed by atoms with Crippen molar-refractivity contribution in [2.75, 3.05) is 16.8 Å². The van der Waals surface area contributed by atoms with Crippen molar-refractivity contribution < 1.29 is 32.3 Å². The zero-order valence-electron chi connectivity index (χ0n) is 19.6. The van der Waals surface area contributed by atoms with E-state index in [2.05, 4.69) is 9.72 Å². The Morgan fingerprint density at radius 2 is 1.73 bits per heavy atom. The summed E-state index contributed by atoms with van der Waals surface area (Å²) < 4.78 is 41.3. The maximum atomic E-state index is 13.3. The molecular formula is C26H21F3N4O4. The Labute approximate surface area is 209 Å². The number of anilines is 2. The molecule has 1 aliphatic carbocycles. The van der Waals surface area contributed by atoms with Gasteiger partial charge in [0.25, 0.3) is 11.8 Å². The minimum atomic E-state index is -4.85. The van der Waals surface area contributed by atoms with Crippen LogP contribution in [0.4, 0.5) is 29.3 Å². The summed E-state index contributed by atoms with van der Waals surface area (Å²) in [6.45, 7) is 0.0637. The first-order valence-electron chi connectivity index (χ1n) is 11.4. The average molecular weight is 510 g/mol. The van der Waals surface area contributed by atoms with Crippen LogP contribution in [0.5, 0.6) is 5.75 Å². The van der Waals surface area contributed by atoms with Crippen molar-refractivity contribution in [1.29, 1.82) is 0 Å². The number of carbonyl (C=O) groups is 3. The van der Waals surface area contributed by atoms with Crippen LogP contribution in [-0.4, -0.2) is 46.7 Å². The monoisotopic (exact) mass is 510 g/mol. The largest absolute Gasteiger partial charge is 0.573 e. The van der Waals surface area contributed by atoms with Crippen molar-refractivity contribution in [3.63, 3.8) is 0 Å². The van der Waals surface area contributed by atoms with Crippen LogP contribution in [0.1, 0.15) is 28.9 Å². The highest BCUT2D eigenvalue weighted by molar-refractivity contribution is 6.24. The Morgan fingerprint density at radius 1 is 1.05 bits per heavy atom. The highest BCUT2D eigenvalue weighted by Crippen LogP contribution is 2.49. The lowest BCUT2D eigenvalue weighted by Gasteiger charge is -2.22. The SMILES string of the molecule is CN(C(=O)c1cc(CN2C(=O)N(c3ccc(OC(F)(F)F)cc3)C(=O)C23CC3)ccn1)c1ccccc1. The lowest BCUT2D eigenvalue weighted by atomic mass is 10.1. The number of alkyl halides is 3. The third-order valence-electron chi connectivity index (χ3n) is 6.42. The standard InChI is InChI=1S/C26H21F3N4O4/c1-31(18-5-3-2-4-6-18)22(34)21-15-17(11-14-30-21)16-32-24(36)33(23(35)25(32)12-13-25)19-7-9-20(10-8-19)37-26(27,28)29/h2-11,14-15H,12-13,16H2,1H3. The molecule has 1 saturated heterocycles. The number of benzene rings is 2. The van der Waals surface area contributed by atoms with Gasteiger partial charge in [0.1, 0.15) is 17.0 Å². The average Bonchev–Trinajstić information content (AvgIpc) is 3.66. The van der Waals surface area contributed by atoms with Crippen LogP contribution >= 0.6 is 0 Å². The van der Waals surface area contributed by atoms with Crippen LogP contribution in [0.25, 0.3) is 0 Å². The number of carbonyl (C=O) groups excluding carboxylic acids is 3. The topological polar surface area (TPSA) is 83.0 Å². The van der Waals surface area contributed by atoms with Crippen LogP contribution < -0.4 is 14.5 Å². The summed E-state index contributed by atoms with van der Waals surface area (Å²) in [6, 6.07) is 16.3. The lowest BCUT2D eigenvalue weighted by Crippen LogP contribution is -2.36. The molecule has 1 saturated carbocycles. The lowest BCUT2D eigenvalue weighted by molar-refractivity contribution is -0.274. The van der Waals surface area contributed by atoms with Crippen LogP contribution in [0.3, 0.4) is 0 Å². The van der Waals surface area contributed by atoms with E-state index >= 15 is 0 Å². The maximum absolute atomic E-state index is 13.3. The number of amides is 4. The molecule has 1 aromatic heterocycles. The fourth-order valence-electron chi connectivity index (χ4n) is 4.37. The molecule has 5 rings (SSSR count). The van der Waals surface area contributed by atoms with Gasteiger partial charge in [-0.25, -0.2) is 9.69 Å². The van der Waals surface area contributed by atoms with Crippen LogP contribution in [0.15, 0.2) is 72.9 Å². The molecule has 2 aliphatic rings. The number of halogens is 3. The van der Waals surface area contributed by atoms with Crippen molar-refractivity contribution in [2.45, 2.75) is 31.3 Å². The predicted molar refractivity (Wildman–Crippen MR) is 127 cm³/mol. The van der Waals surface area contributed by atoms with Crippen LogP contribution in [0.2, 0.25) is 0 Å². The number of aromatic nitrogens is 1. The van der Waals surface area contributed by atoms with Crippen molar-refractivity contribution >= 4 is 29.2 Å². The molecule has 1 spiro atoms. The number of hydrogen-bond donors (Lipinski definition) is 0. The molecule has 37 heavy (non-hydrogen) atoms. The van der Waals surface area contributed by atoms with Gasteiger partial charge in [-0.05, 0) is 66.9 Å². The van der Waals surface area contributed by atoms with Crippen molar-refractivity contribution in [3.8, 4) is 5.75 Å². The second-order valence-corrected chi connectivity index (χ2v) is 8.83. The van der Waals surface area contributed by atoms with Gasteiger partial charge in [-0.1, -0.05) is 18.2 Å². The number of pyridine rings is 1. The van der Waals surface area contributed by atoms with Crippen LogP contribution in [-0.2, 0) is 11.3 Å². The molecule has 0 atom stereocenters. The number of imide groups is 1. The van der Waals surface area contributed by atoms with Gasteiger partial charge >= 0.3 is 12.4 Å². The van der Waals surface area contributed by atoms with Crippen molar-refractivity contribution in [2.24, 2.45) is 0 Å². The molecular weight excluding hydrogens is 489 g/mol. The van der Waals surface area contributed by atoms with Gasteiger partial charge in [-0.15, -0.1) is 13.2 Å². The van der Waals surface area contributed by atoms with Gasteiger partial charge in [0.2, 0.25) is 0 Å². The summed E-state index contributed by atoms with van der Waals surface area (Å²) in [7, 11) is 1.64. The fraction of sp³-hybridized carbons (Fsp3) is 0.231. The molecule has 0 bridgehead atoms. The van der Waals surface area contributed by atoms with E-state index in [0.717, 1.165) is 17.0 Å². The Balaban J connectivity index is 1.36. The van der Waals surface area contributed by atoms with Gasteiger partial charge in [-0.3, -0.25) is 14.6 Å². The molecule has 2 heterocycles. The quantitative estimate of drug-likeness (QED) is 0.447. The molecule has 2 fully saturated rings. The van der Waals surface area contributed by atoms with Crippen molar-refractivity contribution in [3.05, 3.63) is 84.2 Å². The molecule has 0 radical (unpaired) electrons. The van der Waals surface area contributed by atoms with Gasteiger partial charge < -0.3 is 14.5 Å². The van der Waals surface area contributed by atoms with Gasteiger partial charge in [-0.2, -0.15) is 0 Å². The zero-order valence-corrected chi connectivity index (χ0v) is 19.6. The minimum Gasteiger partial charge on any atom is -0.406 e. The highest BCUT2D eigenvalue weighted by atomic mass is 19.4. The summed E-state index contributed by atoms with van der Waals surface area (Å²) in [4.78, 5) is 47.6. The third-order valence-corrected chi connectivity index (χ3v) is 6.42. The van der Waals surface area contributed by atoms with E-state index in [4.69, 9.17) is 0 Å². The fourth-order valence-corrected chi connectivity index (χ4v) is 4.37. The Kier molecular flexibility index (Phi) is 5.85. The second kappa shape index (κ2) is 8.91. The molecule has 190 valence electrons. The van der Waals surface area contributed by atoms with E-state index < -0.39 is 29.6 Å². The number of ether oxygens (including phenoxy) is 1. The Morgan fingerprint density at radius 3 is 2.35 bits per heavy atom. The number of nitrogens with zero attached hydrogens (tertiary/aromatic N) is 4. The van der Waals surface area contributed by atoms with Crippen molar-refractivity contribution in [1.82, 2.24) is 9.88 Å². The van der Waals surface area contributed by atoms with E-state index in [0.29, 0.717) is 24.1 Å². The van der Waals surface area contributed by atoms with Gasteiger partial charge in [0.05, 0.1) is 5.69 Å². The summed E-state index contributed by atoms with van der Waals surface area (Å²) in [5.74, 6) is -1.22. The smallest absolute Gasteiger partial charge is 0.406 e. The summed E-state index contributed by atoms with van der Waals surface area (Å²) in [6.07, 6.45) is -2.44. The summed E-state index contributed by atoms with van der Waals surface area (Å²) in [5, 5.41) is 0. The van der Waals surface area contributed by atoms with E-state index in [-0.39, 0.29) is 23.8 Å². The Bertz CT molecular complexity index is 1360. The Hall–Kier alpha value is -4.41. The zero-order chi connectivity index (χ0) is 26.4. The van der Waals surface area contributed by atoms with Gasteiger partial charge in [0, 0.05) is 25.5 Å².